The Morgan fingerprint density at radius 3 is 2.53 bits per heavy atom. The molecule has 0 heterocycles. The van der Waals surface area contributed by atoms with Crippen molar-refractivity contribution in [2.24, 2.45) is 0 Å². The van der Waals surface area contributed by atoms with Gasteiger partial charge in [-0.15, -0.1) is 0 Å². The van der Waals surface area contributed by atoms with Crippen molar-refractivity contribution in [1.29, 1.82) is 0 Å². The molecule has 0 saturated carbocycles. The molecule has 0 unspecified atom stereocenters. The molecule has 0 fully saturated rings. The summed E-state index contributed by atoms with van der Waals surface area (Å²) in [7, 11) is 0. The van der Waals surface area contributed by atoms with Crippen LogP contribution in [0, 0.1) is 6.92 Å². The number of hydrogen-bond donors (Lipinski definition) is 0. The summed E-state index contributed by atoms with van der Waals surface area (Å²) in [4.78, 5) is 0. The molecule has 3 heteroatoms. The summed E-state index contributed by atoms with van der Waals surface area (Å²) in [6, 6.07) is 14.1. The van der Waals surface area contributed by atoms with Gasteiger partial charge in [-0.05, 0) is 30.7 Å². The smallest absolute Gasteiger partial charge is 0.132 e. The van der Waals surface area contributed by atoms with Crippen molar-refractivity contribution in [2.75, 3.05) is 0 Å². The van der Waals surface area contributed by atoms with E-state index in [0.29, 0.717) is 0 Å². The Hall–Kier alpha value is -0.800. The number of para-hydroxylation sites is 1. The first kappa shape index (κ1) is 12.7. The number of rotatable bonds is 3. The minimum Gasteiger partial charge on any atom is -0.457 e. The molecule has 0 spiro atoms. The lowest BCUT2D eigenvalue weighted by molar-refractivity contribution is 0.474. The Kier molecular flexibility index (Phi) is 4.24. The zero-order chi connectivity index (χ0) is 12.3. The van der Waals surface area contributed by atoms with Crippen LogP contribution in [-0.2, 0) is 5.33 Å². The van der Waals surface area contributed by atoms with E-state index in [2.05, 4.69) is 31.9 Å². The highest BCUT2D eigenvalue weighted by atomic mass is 79.9. The molecule has 0 aliphatic carbocycles. The zero-order valence-corrected chi connectivity index (χ0v) is 12.6. The molecule has 0 aliphatic heterocycles. The SMILES string of the molecule is Cc1ccccc1Oc1cc(Br)ccc1CBr. The van der Waals surface area contributed by atoms with Crippen LogP contribution in [0.5, 0.6) is 11.5 Å². The van der Waals surface area contributed by atoms with Crippen molar-refractivity contribution in [3.63, 3.8) is 0 Å². The molecule has 0 radical (unpaired) electrons. The summed E-state index contributed by atoms with van der Waals surface area (Å²) in [5.74, 6) is 1.78. The normalized spacial score (nSPS) is 10.3. The van der Waals surface area contributed by atoms with Gasteiger partial charge in [-0.2, -0.15) is 0 Å². The minimum atomic E-state index is 0.779. The lowest BCUT2D eigenvalue weighted by Crippen LogP contribution is -1.91. The van der Waals surface area contributed by atoms with Gasteiger partial charge in [0.2, 0.25) is 0 Å². The predicted molar refractivity (Wildman–Crippen MR) is 78.0 cm³/mol. The van der Waals surface area contributed by atoms with E-state index in [1.807, 2.05) is 49.4 Å². The second-order valence-electron chi connectivity index (χ2n) is 3.75. The maximum Gasteiger partial charge on any atom is 0.132 e. The summed E-state index contributed by atoms with van der Waals surface area (Å²) < 4.78 is 6.97. The van der Waals surface area contributed by atoms with Gasteiger partial charge < -0.3 is 4.74 Å². The van der Waals surface area contributed by atoms with E-state index in [0.717, 1.165) is 32.4 Å². The van der Waals surface area contributed by atoms with Crippen LogP contribution in [0.2, 0.25) is 0 Å². The van der Waals surface area contributed by atoms with Crippen molar-refractivity contribution in [1.82, 2.24) is 0 Å². The fraction of sp³-hybridized carbons (Fsp3) is 0.143. The molecule has 0 aromatic heterocycles. The fourth-order valence-electron chi connectivity index (χ4n) is 1.52. The molecule has 0 bridgehead atoms. The number of hydrogen-bond acceptors (Lipinski definition) is 1. The third kappa shape index (κ3) is 3.11. The number of aryl methyl sites for hydroxylation is 1. The van der Waals surface area contributed by atoms with E-state index in [-0.39, 0.29) is 0 Å². The molecule has 2 aromatic rings. The molecule has 1 nitrogen and oxygen atoms in total. The highest BCUT2D eigenvalue weighted by molar-refractivity contribution is 9.10. The molecular formula is C14H12Br2O. The van der Waals surface area contributed by atoms with Crippen LogP contribution in [0.15, 0.2) is 46.9 Å². The molecule has 0 saturated heterocycles. The molecule has 0 aliphatic rings. The lowest BCUT2D eigenvalue weighted by Gasteiger charge is -2.12. The van der Waals surface area contributed by atoms with Gasteiger partial charge in [-0.1, -0.05) is 56.1 Å². The summed E-state index contributed by atoms with van der Waals surface area (Å²) in [6.45, 7) is 2.04. The second-order valence-corrected chi connectivity index (χ2v) is 5.23. The molecule has 88 valence electrons. The van der Waals surface area contributed by atoms with Gasteiger partial charge in [-0.3, -0.25) is 0 Å². The van der Waals surface area contributed by atoms with E-state index < -0.39 is 0 Å². The van der Waals surface area contributed by atoms with Crippen LogP contribution in [-0.4, -0.2) is 0 Å². The second kappa shape index (κ2) is 5.69. The van der Waals surface area contributed by atoms with Crippen LogP contribution < -0.4 is 4.74 Å². The summed E-state index contributed by atoms with van der Waals surface area (Å²) >= 11 is 6.93. The molecule has 17 heavy (non-hydrogen) atoms. The van der Waals surface area contributed by atoms with Crippen molar-refractivity contribution < 1.29 is 4.74 Å². The number of benzene rings is 2. The van der Waals surface area contributed by atoms with Gasteiger partial charge in [0.15, 0.2) is 0 Å². The predicted octanol–water partition coefficient (Wildman–Crippen LogP) is 5.44. The Bertz CT molecular complexity index is 523. The average molecular weight is 356 g/mol. The number of ether oxygens (including phenoxy) is 1. The van der Waals surface area contributed by atoms with Gasteiger partial charge in [0.05, 0.1) is 0 Å². The van der Waals surface area contributed by atoms with Gasteiger partial charge in [0.1, 0.15) is 11.5 Å². The largest absolute Gasteiger partial charge is 0.457 e. The summed E-state index contributed by atoms with van der Waals surface area (Å²) in [6.07, 6.45) is 0. The van der Waals surface area contributed by atoms with Gasteiger partial charge in [-0.25, -0.2) is 0 Å². The third-order valence-electron chi connectivity index (χ3n) is 2.49. The Labute approximate surface area is 118 Å². The first-order valence-corrected chi connectivity index (χ1v) is 7.20. The molecule has 0 atom stereocenters. The van der Waals surface area contributed by atoms with E-state index in [1.165, 1.54) is 0 Å². The highest BCUT2D eigenvalue weighted by Gasteiger charge is 2.06. The molecule has 0 amide bonds. The van der Waals surface area contributed by atoms with E-state index in [9.17, 15) is 0 Å². The molecule has 2 aromatic carbocycles. The van der Waals surface area contributed by atoms with Gasteiger partial charge in [0.25, 0.3) is 0 Å². The van der Waals surface area contributed by atoms with Crippen LogP contribution >= 0.6 is 31.9 Å². The van der Waals surface area contributed by atoms with Crippen molar-refractivity contribution in [3.8, 4) is 11.5 Å². The minimum absolute atomic E-state index is 0.779. The van der Waals surface area contributed by atoms with Crippen LogP contribution in [0.25, 0.3) is 0 Å². The maximum absolute atomic E-state index is 5.95. The quantitative estimate of drug-likeness (QED) is 0.665. The molecular weight excluding hydrogens is 344 g/mol. The van der Waals surface area contributed by atoms with Gasteiger partial charge >= 0.3 is 0 Å². The molecule has 0 N–H and O–H groups in total. The summed E-state index contributed by atoms with van der Waals surface area (Å²) in [5, 5.41) is 0.779. The first-order chi connectivity index (χ1) is 8.20. The number of alkyl halides is 1. The standard InChI is InChI=1S/C14H12Br2O/c1-10-4-2-3-5-13(10)17-14-8-12(16)7-6-11(14)9-15/h2-8H,9H2,1H3. The van der Waals surface area contributed by atoms with E-state index in [1.54, 1.807) is 0 Å². The first-order valence-electron chi connectivity index (χ1n) is 5.28. The van der Waals surface area contributed by atoms with E-state index >= 15 is 0 Å². The number of halogens is 2. The van der Waals surface area contributed by atoms with Crippen molar-refractivity contribution in [2.45, 2.75) is 12.3 Å². The van der Waals surface area contributed by atoms with Crippen molar-refractivity contribution >= 4 is 31.9 Å². The van der Waals surface area contributed by atoms with Crippen LogP contribution in [0.4, 0.5) is 0 Å². The Morgan fingerprint density at radius 1 is 1.06 bits per heavy atom. The fourth-order valence-corrected chi connectivity index (χ4v) is 2.33. The van der Waals surface area contributed by atoms with E-state index in [4.69, 9.17) is 4.74 Å². The Morgan fingerprint density at radius 2 is 1.82 bits per heavy atom. The highest BCUT2D eigenvalue weighted by Crippen LogP contribution is 2.31. The zero-order valence-electron chi connectivity index (χ0n) is 9.41. The monoisotopic (exact) mass is 354 g/mol. The topological polar surface area (TPSA) is 9.23 Å². The van der Waals surface area contributed by atoms with Crippen molar-refractivity contribution in [3.05, 3.63) is 58.1 Å². The van der Waals surface area contributed by atoms with Gasteiger partial charge in [0, 0.05) is 15.4 Å². The maximum atomic E-state index is 5.95. The van der Waals surface area contributed by atoms with Crippen LogP contribution in [0.3, 0.4) is 0 Å². The third-order valence-corrected chi connectivity index (χ3v) is 3.58. The molecule has 2 rings (SSSR count). The average Bonchev–Trinajstić information content (AvgIpc) is 2.32. The van der Waals surface area contributed by atoms with Crippen LogP contribution in [0.1, 0.15) is 11.1 Å². The lowest BCUT2D eigenvalue weighted by atomic mass is 10.2. The Balaban J connectivity index is 2.35. The summed E-state index contributed by atoms with van der Waals surface area (Å²) in [5.41, 5.74) is 2.27.